The maximum atomic E-state index is 7.01. The van der Waals surface area contributed by atoms with Crippen molar-refractivity contribution in [3.63, 3.8) is 0 Å². The third-order valence-electron chi connectivity index (χ3n) is 16.5. The molecule has 2 aromatic rings. The van der Waals surface area contributed by atoms with Crippen LogP contribution in [0.4, 0.5) is 0 Å². The molecule has 6 nitrogen and oxygen atoms in total. The minimum Gasteiger partial charge on any atom is -0.405 e. The van der Waals surface area contributed by atoms with Gasteiger partial charge in [0.1, 0.15) is 32.9 Å². The molecule has 0 radical (unpaired) electrons. The summed E-state index contributed by atoms with van der Waals surface area (Å²) in [7, 11) is -6.58. The van der Waals surface area contributed by atoms with Crippen LogP contribution >= 0.6 is 0 Å². The molecule has 0 N–H and O–H groups in total. The van der Waals surface area contributed by atoms with Gasteiger partial charge in [-0.1, -0.05) is 167 Å². The van der Waals surface area contributed by atoms with Crippen molar-refractivity contribution in [1.82, 2.24) is 8.46 Å². The van der Waals surface area contributed by atoms with Crippen molar-refractivity contribution in [2.24, 2.45) is 34.5 Å². The highest BCUT2D eigenvalue weighted by Gasteiger charge is 2.70. The van der Waals surface area contributed by atoms with Crippen molar-refractivity contribution in [2.75, 3.05) is 0 Å². The fraction of sp³-hybridized carbons (Fsp3) is 0.745. The zero-order chi connectivity index (χ0) is 43.5. The SMILES string of the molecule is CC1(C)C2CC3OB(C[C@@H](c4ccccc4)N([Si](C)(C)C)[Si](C)(C)C)O[C@]3(C)C1C2.CC1(C)C2CC3OB([C@@H](c4ccccc4)N([Si](C)(C)C)[Si](C)(C)C)O[C@]3(C)C1C2. The quantitative estimate of drug-likeness (QED) is 0.210. The van der Waals surface area contributed by atoms with Gasteiger partial charge < -0.3 is 27.1 Å². The Bertz CT molecular complexity index is 1770. The van der Waals surface area contributed by atoms with Crippen LogP contribution in [0.3, 0.4) is 0 Å². The molecule has 2 aromatic carbocycles. The Labute approximate surface area is 366 Å². The molecule has 6 saturated carbocycles. The van der Waals surface area contributed by atoms with Crippen LogP contribution in [0.2, 0.25) is 84.9 Å². The van der Waals surface area contributed by atoms with Gasteiger partial charge in [-0.25, -0.2) is 0 Å². The number of nitrogens with zero attached hydrogens (tertiary/aromatic N) is 2. The summed E-state index contributed by atoms with van der Waals surface area (Å²) in [4.78, 5) is 0. The van der Waals surface area contributed by atoms with Gasteiger partial charge in [-0.2, -0.15) is 0 Å². The number of hydrogen-bond donors (Lipinski definition) is 0. The summed E-state index contributed by atoms with van der Waals surface area (Å²) in [5, 5.41) is 0. The lowest BCUT2D eigenvalue weighted by molar-refractivity contribution is -0.199. The van der Waals surface area contributed by atoms with Crippen LogP contribution < -0.4 is 0 Å². The van der Waals surface area contributed by atoms with Gasteiger partial charge in [0.25, 0.3) is 0 Å². The Balaban J connectivity index is 0.000000179. The molecule has 4 bridgehead atoms. The molecule has 6 unspecified atom stereocenters. The predicted molar refractivity (Wildman–Crippen MR) is 260 cm³/mol. The molecule has 12 heteroatoms. The molecule has 59 heavy (non-hydrogen) atoms. The van der Waals surface area contributed by atoms with E-state index >= 15 is 0 Å². The number of hydrogen-bond acceptors (Lipinski definition) is 6. The second-order valence-corrected chi connectivity index (χ2v) is 45.4. The van der Waals surface area contributed by atoms with E-state index in [1.54, 1.807) is 0 Å². The average Bonchev–Trinajstić information content (AvgIpc) is 3.64. The Morgan fingerprint density at radius 3 is 1.37 bits per heavy atom. The van der Waals surface area contributed by atoms with Crippen LogP contribution in [0.15, 0.2) is 60.7 Å². The van der Waals surface area contributed by atoms with E-state index in [-0.39, 0.29) is 43.6 Å². The number of rotatable bonds is 11. The summed E-state index contributed by atoms with van der Waals surface area (Å²) in [5.74, 6) is 2.99. The minimum atomic E-state index is -1.61. The van der Waals surface area contributed by atoms with Gasteiger partial charge in [0.15, 0.2) is 0 Å². The van der Waals surface area contributed by atoms with Crippen LogP contribution in [0, 0.1) is 34.5 Å². The summed E-state index contributed by atoms with van der Waals surface area (Å²) >= 11 is 0. The predicted octanol–water partition coefficient (Wildman–Crippen LogP) is 12.4. The van der Waals surface area contributed by atoms with E-state index in [0.717, 1.165) is 31.0 Å². The van der Waals surface area contributed by atoms with Gasteiger partial charge in [0.05, 0.1) is 29.4 Å². The van der Waals surface area contributed by atoms with Gasteiger partial charge in [-0.15, -0.1) is 0 Å². The van der Waals surface area contributed by atoms with E-state index in [9.17, 15) is 0 Å². The third kappa shape index (κ3) is 8.27. The van der Waals surface area contributed by atoms with Gasteiger partial charge in [-0.3, -0.25) is 0 Å². The molecular weight excluding hydrogens is 790 g/mol. The summed E-state index contributed by atoms with van der Waals surface area (Å²) in [6.45, 7) is 44.3. The van der Waals surface area contributed by atoms with Crippen LogP contribution in [-0.2, 0) is 18.6 Å². The first-order valence-electron chi connectivity index (χ1n) is 23.4. The zero-order valence-corrected chi connectivity index (χ0v) is 44.6. The molecule has 10 atom stereocenters. The number of benzene rings is 2. The van der Waals surface area contributed by atoms with Crippen molar-refractivity contribution >= 4 is 47.2 Å². The lowest BCUT2D eigenvalue weighted by atomic mass is 9.43. The van der Waals surface area contributed by atoms with Crippen molar-refractivity contribution in [3.05, 3.63) is 71.8 Å². The Kier molecular flexibility index (Phi) is 12.1. The Hall–Kier alpha value is -0.803. The highest BCUT2D eigenvalue weighted by Crippen LogP contribution is 2.67. The largest absolute Gasteiger partial charge is 0.479 e. The smallest absolute Gasteiger partial charge is 0.405 e. The molecule has 326 valence electrons. The summed E-state index contributed by atoms with van der Waals surface area (Å²) in [5.41, 5.74) is 3.26. The van der Waals surface area contributed by atoms with Gasteiger partial charge in [0, 0.05) is 12.4 Å². The first-order valence-corrected chi connectivity index (χ1v) is 37.1. The van der Waals surface area contributed by atoms with Gasteiger partial charge in [-0.05, 0) is 85.2 Å². The van der Waals surface area contributed by atoms with Crippen molar-refractivity contribution in [1.29, 1.82) is 0 Å². The monoisotopic (exact) mass is 873 g/mol. The molecule has 0 spiro atoms. The molecule has 10 rings (SSSR count). The summed E-state index contributed by atoms with van der Waals surface area (Å²) in [6, 6.07) is 22.5. The molecule has 8 aliphatic rings. The lowest BCUT2D eigenvalue weighted by Crippen LogP contribution is -2.65. The normalized spacial score (nSPS) is 34.3. The van der Waals surface area contributed by atoms with Crippen molar-refractivity contribution < 1.29 is 18.6 Å². The summed E-state index contributed by atoms with van der Waals surface area (Å²) in [6.07, 6.45) is 6.37. The zero-order valence-electron chi connectivity index (χ0n) is 40.6. The topological polar surface area (TPSA) is 43.4 Å². The molecule has 2 saturated heterocycles. The van der Waals surface area contributed by atoms with E-state index < -0.39 is 32.9 Å². The van der Waals surface area contributed by atoms with Gasteiger partial charge >= 0.3 is 14.2 Å². The molecule has 0 amide bonds. The third-order valence-corrected chi connectivity index (χ3v) is 31.5. The second kappa shape index (κ2) is 15.4. The fourth-order valence-corrected chi connectivity index (χ4v) is 34.9. The van der Waals surface area contributed by atoms with Crippen LogP contribution in [0.1, 0.15) is 90.3 Å². The molecule has 8 fully saturated rings. The second-order valence-electron chi connectivity index (χ2n) is 25.2. The minimum absolute atomic E-state index is 0.101. The van der Waals surface area contributed by atoms with E-state index in [0.29, 0.717) is 28.7 Å². The van der Waals surface area contributed by atoms with Crippen molar-refractivity contribution in [3.8, 4) is 0 Å². The maximum absolute atomic E-state index is 7.01. The molecule has 0 aromatic heterocycles. The van der Waals surface area contributed by atoms with E-state index in [1.807, 2.05) is 0 Å². The molecule has 2 aliphatic heterocycles. The van der Waals surface area contributed by atoms with E-state index in [1.165, 1.54) is 24.0 Å². The lowest BCUT2D eigenvalue weighted by Gasteiger charge is -2.64. The van der Waals surface area contributed by atoms with Gasteiger partial charge in [0.2, 0.25) is 0 Å². The molecule has 6 aliphatic carbocycles. The Morgan fingerprint density at radius 2 is 0.949 bits per heavy atom. The van der Waals surface area contributed by atoms with E-state index in [4.69, 9.17) is 18.6 Å². The van der Waals surface area contributed by atoms with Crippen LogP contribution in [0.25, 0.3) is 0 Å². The molecule has 2 heterocycles. The fourth-order valence-electron chi connectivity index (χ4n) is 14.2. The average molecular weight is 873 g/mol. The van der Waals surface area contributed by atoms with Crippen LogP contribution in [-0.4, -0.2) is 79.1 Å². The first-order chi connectivity index (χ1) is 27.0. The molecular formula is C47H82B2N2O4Si4. The van der Waals surface area contributed by atoms with Crippen molar-refractivity contribution in [2.45, 2.75) is 188 Å². The maximum Gasteiger partial charge on any atom is 0.479 e. The standard InChI is InChI=1S/C24H42BNO2Si2.C23H40BNO2Si2/c1-23(2)19-15-21(23)24(3)22(16-19)27-25(28-24)17-20(18-13-11-10-12-14-18)26(29(4,5)6)30(7,8)9;1-22(2)18-15-19(22)23(3)20(16-18)26-24(27-23)21(17-13-11-10-12-14-17)25(28(4,5)6)29(7,8)9/h10-14,19-22H,15-17H2,1-9H3;10-14,18-21H,15-16H2,1-9H3/t19?,20-,21?,22?,24+;18?,19?,20?,21-,23-/m01/s1. The summed E-state index contributed by atoms with van der Waals surface area (Å²) < 4.78 is 33.2. The highest BCUT2D eigenvalue weighted by molar-refractivity contribution is 6.90. The highest BCUT2D eigenvalue weighted by atomic mass is 28.4. The van der Waals surface area contributed by atoms with E-state index in [2.05, 4.69) is 189 Å². The van der Waals surface area contributed by atoms with Crippen LogP contribution in [0.5, 0.6) is 0 Å². The first kappa shape index (κ1) is 46.2. The Morgan fingerprint density at radius 1 is 0.542 bits per heavy atom.